The van der Waals surface area contributed by atoms with Gasteiger partial charge in [0.05, 0.1) is 0 Å². The second kappa shape index (κ2) is 4.93. The van der Waals surface area contributed by atoms with E-state index in [1.54, 1.807) is 6.07 Å². The molecule has 19 heavy (non-hydrogen) atoms. The van der Waals surface area contributed by atoms with E-state index in [0.29, 0.717) is 0 Å². The Hall–Kier alpha value is -1.42. The lowest BCUT2D eigenvalue weighted by atomic mass is 10.1. The van der Waals surface area contributed by atoms with Gasteiger partial charge >= 0.3 is 0 Å². The molecular weight excluding hydrogens is 307 g/mol. The summed E-state index contributed by atoms with van der Waals surface area (Å²) in [4.78, 5) is 6.64. The molecule has 0 saturated carbocycles. The van der Waals surface area contributed by atoms with E-state index in [1.807, 2.05) is 19.2 Å². The monoisotopic (exact) mass is 320 g/mol. The van der Waals surface area contributed by atoms with Gasteiger partial charge in [0.15, 0.2) is 0 Å². The summed E-state index contributed by atoms with van der Waals surface area (Å²) >= 11 is 3.43. The van der Waals surface area contributed by atoms with Crippen LogP contribution in [0.5, 0.6) is 0 Å². The van der Waals surface area contributed by atoms with Crippen LogP contribution in [0.4, 0.5) is 15.9 Å². The lowest BCUT2D eigenvalue weighted by molar-refractivity contribution is 0.628. The van der Waals surface area contributed by atoms with E-state index >= 15 is 0 Å². The van der Waals surface area contributed by atoms with Crippen LogP contribution >= 0.6 is 15.9 Å². The van der Waals surface area contributed by atoms with Crippen molar-refractivity contribution in [2.24, 2.45) is 0 Å². The van der Waals surface area contributed by atoms with Crippen molar-refractivity contribution in [2.45, 2.75) is 18.7 Å². The molecule has 1 aromatic carbocycles. The molecule has 0 unspecified atom stereocenters. The summed E-state index contributed by atoms with van der Waals surface area (Å²) in [5.74, 6) is 0.731. The van der Waals surface area contributed by atoms with Crippen LogP contribution in [0.25, 0.3) is 0 Å². The molecule has 3 rings (SSSR count). The normalized spacial score (nSPS) is 13.7. The molecule has 0 bridgehead atoms. The molecule has 1 aliphatic heterocycles. The van der Waals surface area contributed by atoms with Crippen LogP contribution in [0.15, 0.2) is 30.5 Å². The molecule has 2 heterocycles. The molecule has 1 aromatic heterocycles. The number of halogens is 2. The number of hydrogen-bond donors (Lipinski definition) is 0. The van der Waals surface area contributed by atoms with Gasteiger partial charge in [-0.3, -0.25) is 0 Å². The first-order valence-corrected chi connectivity index (χ1v) is 7.38. The van der Waals surface area contributed by atoms with E-state index in [0.717, 1.165) is 40.9 Å². The molecular formula is C15H14BrFN2. The molecule has 0 saturated heterocycles. The first-order chi connectivity index (χ1) is 9.19. The van der Waals surface area contributed by atoms with Gasteiger partial charge in [0, 0.05) is 23.8 Å². The van der Waals surface area contributed by atoms with Crippen LogP contribution < -0.4 is 4.90 Å². The Balaban J connectivity index is 2.04. The predicted molar refractivity (Wildman–Crippen MR) is 78.7 cm³/mol. The molecule has 2 aromatic rings. The number of benzene rings is 1. The van der Waals surface area contributed by atoms with Gasteiger partial charge in [-0.15, -0.1) is 0 Å². The molecule has 0 spiro atoms. The van der Waals surface area contributed by atoms with Crippen molar-refractivity contribution in [2.75, 3.05) is 11.4 Å². The van der Waals surface area contributed by atoms with E-state index in [1.165, 1.54) is 11.6 Å². The molecule has 0 N–H and O–H groups in total. The van der Waals surface area contributed by atoms with Crippen LogP contribution in [0.1, 0.15) is 16.7 Å². The molecule has 1 aliphatic rings. The molecule has 2 nitrogen and oxygen atoms in total. The Bertz CT molecular complexity index is 628. The highest BCUT2D eigenvalue weighted by atomic mass is 79.9. The fourth-order valence-electron chi connectivity index (χ4n) is 2.55. The number of fused-ring (bicyclic) bond motifs is 1. The van der Waals surface area contributed by atoms with Gasteiger partial charge < -0.3 is 4.90 Å². The van der Waals surface area contributed by atoms with Crippen molar-refractivity contribution >= 4 is 27.4 Å². The molecule has 0 aliphatic carbocycles. The minimum atomic E-state index is -0.194. The second-order valence-electron chi connectivity index (χ2n) is 4.79. The van der Waals surface area contributed by atoms with Gasteiger partial charge in [-0.05, 0) is 42.2 Å². The summed E-state index contributed by atoms with van der Waals surface area (Å²) in [6, 6.07) is 7.11. The third-order valence-corrected chi connectivity index (χ3v) is 4.11. The van der Waals surface area contributed by atoms with Gasteiger partial charge in [-0.25, -0.2) is 9.37 Å². The van der Waals surface area contributed by atoms with Crippen molar-refractivity contribution in [3.8, 4) is 0 Å². The largest absolute Gasteiger partial charge is 0.325 e. The zero-order valence-electron chi connectivity index (χ0n) is 10.7. The third-order valence-electron chi connectivity index (χ3n) is 3.46. The van der Waals surface area contributed by atoms with Crippen molar-refractivity contribution in [3.63, 3.8) is 0 Å². The number of nitrogens with zero attached hydrogens (tertiary/aromatic N) is 2. The average molecular weight is 321 g/mol. The Kier molecular flexibility index (Phi) is 3.27. The van der Waals surface area contributed by atoms with Gasteiger partial charge in [0.2, 0.25) is 0 Å². The van der Waals surface area contributed by atoms with Crippen LogP contribution in [0.2, 0.25) is 0 Å². The number of rotatable bonds is 2. The van der Waals surface area contributed by atoms with Crippen molar-refractivity contribution in [1.82, 2.24) is 4.98 Å². The molecule has 98 valence electrons. The third kappa shape index (κ3) is 2.25. The fraction of sp³-hybridized carbons (Fsp3) is 0.267. The Morgan fingerprint density at radius 3 is 2.95 bits per heavy atom. The van der Waals surface area contributed by atoms with Crippen molar-refractivity contribution in [1.29, 1.82) is 0 Å². The van der Waals surface area contributed by atoms with Crippen LogP contribution in [-0.2, 0) is 11.8 Å². The quantitative estimate of drug-likeness (QED) is 0.774. The zero-order chi connectivity index (χ0) is 13.4. The summed E-state index contributed by atoms with van der Waals surface area (Å²) < 4.78 is 13.4. The first kappa shape index (κ1) is 12.6. The minimum absolute atomic E-state index is 0.194. The Labute approximate surface area is 120 Å². The van der Waals surface area contributed by atoms with Crippen molar-refractivity contribution in [3.05, 3.63) is 53.0 Å². The smallest absolute Gasteiger partial charge is 0.135 e. The second-order valence-corrected chi connectivity index (χ2v) is 5.35. The van der Waals surface area contributed by atoms with E-state index in [4.69, 9.17) is 0 Å². The van der Waals surface area contributed by atoms with Crippen molar-refractivity contribution < 1.29 is 4.39 Å². The highest BCUT2D eigenvalue weighted by Gasteiger charge is 2.23. The van der Waals surface area contributed by atoms with E-state index < -0.39 is 0 Å². The summed E-state index contributed by atoms with van der Waals surface area (Å²) in [5, 5.41) is 0.798. The highest BCUT2D eigenvalue weighted by molar-refractivity contribution is 9.08. The minimum Gasteiger partial charge on any atom is -0.325 e. The van der Waals surface area contributed by atoms with Gasteiger partial charge in [-0.2, -0.15) is 0 Å². The maximum atomic E-state index is 13.4. The number of alkyl halides is 1. The topological polar surface area (TPSA) is 16.1 Å². The predicted octanol–water partition coefficient (Wildman–Crippen LogP) is 4.12. The Morgan fingerprint density at radius 2 is 2.21 bits per heavy atom. The van der Waals surface area contributed by atoms with Gasteiger partial charge in [0.1, 0.15) is 11.6 Å². The number of aryl methyl sites for hydroxylation is 1. The number of anilines is 2. The molecule has 0 fully saturated rings. The summed E-state index contributed by atoms with van der Waals surface area (Å²) in [6.45, 7) is 2.91. The van der Waals surface area contributed by atoms with Crippen LogP contribution in [0.3, 0.4) is 0 Å². The van der Waals surface area contributed by atoms with Crippen LogP contribution in [-0.4, -0.2) is 11.5 Å². The van der Waals surface area contributed by atoms with Crippen LogP contribution in [0, 0.1) is 12.7 Å². The molecule has 4 heteroatoms. The number of pyridine rings is 1. The maximum Gasteiger partial charge on any atom is 0.135 e. The maximum absolute atomic E-state index is 13.4. The molecule has 0 radical (unpaired) electrons. The summed E-state index contributed by atoms with van der Waals surface area (Å²) in [6.07, 6.45) is 2.81. The standard InChI is InChI=1S/C15H14BrFN2/c1-10-6-11(8-16)9-18-15(10)19-5-4-12-2-3-13(17)7-14(12)19/h2-3,6-7,9H,4-5,8H2,1H3. The van der Waals surface area contributed by atoms with E-state index in [-0.39, 0.29) is 5.82 Å². The average Bonchev–Trinajstić information content (AvgIpc) is 2.81. The lowest BCUT2D eigenvalue weighted by Gasteiger charge is -2.20. The SMILES string of the molecule is Cc1cc(CBr)cnc1N1CCc2ccc(F)cc21. The van der Waals surface area contributed by atoms with E-state index in [2.05, 4.69) is 31.9 Å². The number of hydrogen-bond acceptors (Lipinski definition) is 2. The highest BCUT2D eigenvalue weighted by Crippen LogP contribution is 2.35. The molecule has 0 amide bonds. The van der Waals surface area contributed by atoms with Gasteiger partial charge in [-0.1, -0.05) is 28.1 Å². The fourth-order valence-corrected chi connectivity index (χ4v) is 2.86. The lowest BCUT2D eigenvalue weighted by Crippen LogP contribution is -2.16. The summed E-state index contributed by atoms with van der Waals surface area (Å²) in [7, 11) is 0. The first-order valence-electron chi connectivity index (χ1n) is 6.26. The Morgan fingerprint density at radius 1 is 1.37 bits per heavy atom. The van der Waals surface area contributed by atoms with E-state index in [9.17, 15) is 4.39 Å². The number of aromatic nitrogens is 1. The zero-order valence-corrected chi connectivity index (χ0v) is 12.2. The molecule has 0 atom stereocenters. The summed E-state index contributed by atoms with van der Waals surface area (Å²) in [5.41, 5.74) is 4.41. The van der Waals surface area contributed by atoms with Gasteiger partial charge in [0.25, 0.3) is 0 Å².